The third-order valence-corrected chi connectivity index (χ3v) is 4.63. The van der Waals surface area contributed by atoms with Gasteiger partial charge >= 0.3 is 0 Å². The molecule has 3 rings (SSSR count). The van der Waals surface area contributed by atoms with Crippen molar-refractivity contribution in [1.29, 1.82) is 0 Å². The number of rotatable bonds is 6. The van der Waals surface area contributed by atoms with Gasteiger partial charge in [-0.15, -0.1) is 0 Å². The van der Waals surface area contributed by atoms with Gasteiger partial charge in [-0.3, -0.25) is 4.79 Å². The van der Waals surface area contributed by atoms with Gasteiger partial charge in [-0.25, -0.2) is 4.98 Å². The van der Waals surface area contributed by atoms with Crippen LogP contribution in [0.1, 0.15) is 12.5 Å². The molecular weight excluding hydrogens is 318 g/mol. The second-order valence-electron chi connectivity index (χ2n) is 5.40. The van der Waals surface area contributed by atoms with Crippen LogP contribution in [-0.4, -0.2) is 21.1 Å². The molecule has 0 aliphatic rings. The summed E-state index contributed by atoms with van der Waals surface area (Å²) < 4.78 is 0. The van der Waals surface area contributed by atoms with Gasteiger partial charge in [-0.2, -0.15) is 0 Å². The number of hydrogen-bond acceptors (Lipinski definition) is 3. The molecule has 0 radical (unpaired) electrons. The van der Waals surface area contributed by atoms with Crippen LogP contribution in [0.15, 0.2) is 78.2 Å². The number of H-pyrrole nitrogens is 1. The lowest BCUT2D eigenvalue weighted by Crippen LogP contribution is -2.36. The van der Waals surface area contributed by atoms with Crippen LogP contribution in [-0.2, 0) is 11.3 Å². The number of aromatic nitrogens is 2. The number of nitrogens with one attached hydrogen (secondary N) is 1. The predicted octanol–water partition coefficient (Wildman–Crippen LogP) is 4.12. The first kappa shape index (κ1) is 16.3. The molecule has 1 atom stereocenters. The third-order valence-electron chi connectivity index (χ3n) is 3.63. The zero-order valence-electron chi connectivity index (χ0n) is 13.4. The Morgan fingerprint density at radius 3 is 2.42 bits per heavy atom. The number of amides is 1. The Bertz CT molecular complexity index is 760. The van der Waals surface area contributed by atoms with Crippen molar-refractivity contribution in [3.05, 3.63) is 78.6 Å². The zero-order valence-corrected chi connectivity index (χ0v) is 14.2. The van der Waals surface area contributed by atoms with Crippen LogP contribution >= 0.6 is 11.8 Å². The van der Waals surface area contributed by atoms with Crippen molar-refractivity contribution in [3.63, 3.8) is 0 Å². The van der Waals surface area contributed by atoms with Gasteiger partial charge < -0.3 is 9.88 Å². The second-order valence-corrected chi connectivity index (χ2v) is 6.73. The maximum Gasteiger partial charge on any atom is 0.240 e. The maximum absolute atomic E-state index is 13.0. The minimum atomic E-state index is -0.236. The molecule has 2 aromatic carbocycles. The van der Waals surface area contributed by atoms with Crippen molar-refractivity contribution in [1.82, 2.24) is 9.97 Å². The summed E-state index contributed by atoms with van der Waals surface area (Å²) in [6.07, 6.45) is 3.46. The van der Waals surface area contributed by atoms with Crippen LogP contribution < -0.4 is 4.90 Å². The zero-order chi connectivity index (χ0) is 16.8. The lowest BCUT2D eigenvalue weighted by molar-refractivity contribution is -0.118. The fourth-order valence-corrected chi connectivity index (χ4v) is 3.24. The highest BCUT2D eigenvalue weighted by Crippen LogP contribution is 2.25. The monoisotopic (exact) mass is 337 g/mol. The number of carbonyl (C=O) groups excluding carboxylic acids is 1. The smallest absolute Gasteiger partial charge is 0.240 e. The second kappa shape index (κ2) is 7.84. The van der Waals surface area contributed by atoms with Crippen molar-refractivity contribution in [2.45, 2.75) is 23.9 Å². The highest BCUT2D eigenvalue weighted by molar-refractivity contribution is 8.00. The normalized spacial score (nSPS) is 11.9. The summed E-state index contributed by atoms with van der Waals surface area (Å²) in [7, 11) is 0. The first-order chi connectivity index (χ1) is 11.7. The van der Waals surface area contributed by atoms with Gasteiger partial charge in [0.2, 0.25) is 5.91 Å². The lowest BCUT2D eigenvalue weighted by atomic mass is 10.2. The van der Waals surface area contributed by atoms with Crippen molar-refractivity contribution in [2.24, 2.45) is 0 Å². The van der Waals surface area contributed by atoms with E-state index in [1.165, 1.54) is 11.8 Å². The number of carbonyl (C=O) groups is 1. The highest BCUT2D eigenvalue weighted by atomic mass is 32.2. The average Bonchev–Trinajstić information content (AvgIpc) is 3.14. The minimum Gasteiger partial charge on any atom is -0.340 e. The van der Waals surface area contributed by atoms with Crippen LogP contribution in [0.4, 0.5) is 5.69 Å². The fourth-order valence-electron chi connectivity index (χ4n) is 2.42. The van der Waals surface area contributed by atoms with Crippen molar-refractivity contribution in [3.8, 4) is 0 Å². The van der Waals surface area contributed by atoms with E-state index in [0.29, 0.717) is 6.54 Å². The molecule has 0 aliphatic carbocycles. The molecule has 0 bridgehead atoms. The summed E-state index contributed by atoms with van der Waals surface area (Å²) in [6.45, 7) is 2.46. The van der Waals surface area contributed by atoms with Crippen molar-refractivity contribution < 1.29 is 4.79 Å². The largest absolute Gasteiger partial charge is 0.340 e. The van der Waals surface area contributed by atoms with E-state index in [0.717, 1.165) is 16.4 Å². The first-order valence-electron chi connectivity index (χ1n) is 7.80. The average molecular weight is 337 g/mol. The van der Waals surface area contributed by atoms with Gasteiger partial charge in [0.1, 0.15) is 0 Å². The number of imidazole rings is 1. The molecule has 0 spiro atoms. The Kier molecular flexibility index (Phi) is 5.33. The van der Waals surface area contributed by atoms with E-state index in [9.17, 15) is 4.79 Å². The van der Waals surface area contributed by atoms with E-state index >= 15 is 0 Å². The number of para-hydroxylation sites is 1. The van der Waals surface area contributed by atoms with Gasteiger partial charge in [0, 0.05) is 18.1 Å². The summed E-state index contributed by atoms with van der Waals surface area (Å²) in [5, 5.41) is 0.517. The third kappa shape index (κ3) is 4.06. The molecule has 0 fully saturated rings. The van der Waals surface area contributed by atoms with Gasteiger partial charge in [-0.05, 0) is 24.6 Å². The van der Waals surface area contributed by atoms with Crippen LogP contribution in [0, 0.1) is 0 Å². The molecule has 1 N–H and O–H groups in total. The molecular formula is C19H19N3OS. The SMILES string of the molecule is CC(Sc1ncc[nH]1)C(=O)N(Cc1ccccc1)c1ccccc1. The molecule has 4 nitrogen and oxygen atoms in total. The Hall–Kier alpha value is -2.53. The molecule has 0 aliphatic heterocycles. The van der Waals surface area contributed by atoms with E-state index in [4.69, 9.17) is 0 Å². The number of aromatic amines is 1. The summed E-state index contributed by atoms with van der Waals surface area (Å²) in [4.78, 5) is 22.1. The Morgan fingerprint density at radius 2 is 1.79 bits per heavy atom. The predicted molar refractivity (Wildman–Crippen MR) is 98.0 cm³/mol. The summed E-state index contributed by atoms with van der Waals surface area (Å²) in [6, 6.07) is 19.8. The standard InChI is InChI=1S/C19H19N3OS/c1-15(24-19-20-12-13-21-19)18(23)22(17-10-6-3-7-11-17)14-16-8-4-2-5-9-16/h2-13,15H,14H2,1H3,(H,20,21). The summed E-state index contributed by atoms with van der Waals surface area (Å²) >= 11 is 1.43. The van der Waals surface area contributed by atoms with E-state index in [2.05, 4.69) is 9.97 Å². The Morgan fingerprint density at radius 1 is 1.12 bits per heavy atom. The molecule has 1 heterocycles. The number of anilines is 1. The van der Waals surface area contributed by atoms with Crippen molar-refractivity contribution in [2.75, 3.05) is 4.90 Å². The number of nitrogens with zero attached hydrogens (tertiary/aromatic N) is 2. The number of hydrogen-bond donors (Lipinski definition) is 1. The van der Waals surface area contributed by atoms with Gasteiger partial charge in [0.25, 0.3) is 0 Å². The summed E-state index contributed by atoms with van der Waals surface area (Å²) in [5.41, 5.74) is 2.00. The van der Waals surface area contributed by atoms with E-state index < -0.39 is 0 Å². The molecule has 3 aromatic rings. The van der Waals surface area contributed by atoms with Gasteiger partial charge in [0.05, 0.1) is 11.8 Å². The van der Waals surface area contributed by atoms with Crippen LogP contribution in [0.5, 0.6) is 0 Å². The number of benzene rings is 2. The first-order valence-corrected chi connectivity index (χ1v) is 8.68. The van der Waals surface area contributed by atoms with Crippen LogP contribution in [0.25, 0.3) is 0 Å². The molecule has 1 unspecified atom stereocenters. The fraction of sp³-hybridized carbons (Fsp3) is 0.158. The topological polar surface area (TPSA) is 49.0 Å². The Balaban J connectivity index is 1.82. The lowest BCUT2D eigenvalue weighted by Gasteiger charge is -2.25. The molecule has 5 heteroatoms. The molecule has 1 amide bonds. The van der Waals surface area contributed by atoms with E-state index in [1.54, 1.807) is 12.4 Å². The van der Waals surface area contributed by atoms with Crippen molar-refractivity contribution >= 4 is 23.4 Å². The van der Waals surface area contributed by atoms with Crippen LogP contribution in [0.2, 0.25) is 0 Å². The highest BCUT2D eigenvalue weighted by Gasteiger charge is 2.23. The molecule has 24 heavy (non-hydrogen) atoms. The number of thioether (sulfide) groups is 1. The van der Waals surface area contributed by atoms with Gasteiger partial charge in [0.15, 0.2) is 5.16 Å². The quantitative estimate of drug-likeness (QED) is 0.688. The molecule has 122 valence electrons. The Labute approximate surface area is 145 Å². The molecule has 1 aromatic heterocycles. The molecule has 0 saturated heterocycles. The summed E-state index contributed by atoms with van der Waals surface area (Å²) in [5.74, 6) is 0.0615. The van der Waals surface area contributed by atoms with Gasteiger partial charge in [-0.1, -0.05) is 60.3 Å². The van der Waals surface area contributed by atoms with E-state index in [1.807, 2.05) is 72.5 Å². The van der Waals surface area contributed by atoms with Crippen LogP contribution in [0.3, 0.4) is 0 Å². The van der Waals surface area contributed by atoms with E-state index in [-0.39, 0.29) is 11.2 Å². The minimum absolute atomic E-state index is 0.0615. The molecule has 0 saturated carbocycles. The maximum atomic E-state index is 13.0.